The molecule has 146 valence electrons. The van der Waals surface area contributed by atoms with Crippen LogP contribution in [0.25, 0.3) is 27.9 Å². The van der Waals surface area contributed by atoms with Gasteiger partial charge in [-0.25, -0.2) is 4.98 Å². The number of aryl methyl sites for hydroxylation is 1. The molecule has 0 fully saturated rings. The van der Waals surface area contributed by atoms with Crippen LogP contribution in [0, 0.1) is 6.92 Å². The Kier molecular flexibility index (Phi) is 4.17. The average molecular weight is 395 g/mol. The number of hydrogen-bond acceptors (Lipinski definition) is 4. The first-order chi connectivity index (χ1) is 14.6. The molecular formula is C24H17N3O3. The maximum Gasteiger partial charge on any atom is 0.291 e. The zero-order valence-corrected chi connectivity index (χ0v) is 16.1. The zero-order valence-electron chi connectivity index (χ0n) is 16.1. The van der Waals surface area contributed by atoms with Crippen LogP contribution in [0.4, 0.5) is 5.69 Å². The van der Waals surface area contributed by atoms with E-state index in [0.717, 1.165) is 22.5 Å². The lowest BCUT2D eigenvalue weighted by molar-refractivity contribution is 0.0997. The van der Waals surface area contributed by atoms with Crippen molar-refractivity contribution in [2.24, 2.45) is 0 Å². The highest BCUT2D eigenvalue weighted by molar-refractivity contribution is 6.03. The van der Waals surface area contributed by atoms with E-state index in [9.17, 15) is 9.59 Å². The molecule has 0 aliphatic rings. The minimum absolute atomic E-state index is 0.0291. The van der Waals surface area contributed by atoms with Crippen LogP contribution in [0.15, 0.2) is 88.3 Å². The molecule has 0 aliphatic carbocycles. The van der Waals surface area contributed by atoms with Gasteiger partial charge >= 0.3 is 0 Å². The van der Waals surface area contributed by atoms with Crippen LogP contribution >= 0.6 is 0 Å². The third kappa shape index (κ3) is 3.14. The van der Waals surface area contributed by atoms with Crippen molar-refractivity contribution in [3.63, 3.8) is 0 Å². The number of para-hydroxylation sites is 1. The van der Waals surface area contributed by atoms with Gasteiger partial charge in [-0.3, -0.25) is 9.59 Å². The van der Waals surface area contributed by atoms with Gasteiger partial charge in [0.15, 0.2) is 11.2 Å². The standard InChI is InChI=1S/C24H17N3O3/c1-15-5-4-12-27-14-19(26-23(15)27)16-8-10-17(11-9-16)25-24(29)22-13-20(28)18-6-2-3-7-21(18)30-22/h2-14H,1H3,(H,25,29). The van der Waals surface area contributed by atoms with Gasteiger partial charge in [-0.1, -0.05) is 30.3 Å². The number of amides is 1. The molecule has 0 spiro atoms. The Bertz CT molecular complexity index is 1460. The monoisotopic (exact) mass is 395 g/mol. The quantitative estimate of drug-likeness (QED) is 0.482. The number of carbonyl (C=O) groups excluding carboxylic acids is 1. The molecule has 30 heavy (non-hydrogen) atoms. The fourth-order valence-corrected chi connectivity index (χ4v) is 3.43. The van der Waals surface area contributed by atoms with Gasteiger partial charge in [-0.2, -0.15) is 0 Å². The highest BCUT2D eigenvalue weighted by Crippen LogP contribution is 2.23. The van der Waals surface area contributed by atoms with E-state index in [0.29, 0.717) is 16.7 Å². The van der Waals surface area contributed by atoms with E-state index in [4.69, 9.17) is 4.42 Å². The first-order valence-corrected chi connectivity index (χ1v) is 9.47. The summed E-state index contributed by atoms with van der Waals surface area (Å²) in [6.07, 6.45) is 3.93. The van der Waals surface area contributed by atoms with E-state index >= 15 is 0 Å². The summed E-state index contributed by atoms with van der Waals surface area (Å²) in [6.45, 7) is 2.02. The average Bonchev–Trinajstić information content (AvgIpc) is 3.20. The molecular weight excluding hydrogens is 378 g/mol. The third-order valence-corrected chi connectivity index (χ3v) is 4.97. The van der Waals surface area contributed by atoms with Crippen molar-refractivity contribution in [2.75, 3.05) is 5.32 Å². The number of aromatic nitrogens is 2. The number of pyridine rings is 1. The number of imidazole rings is 1. The number of carbonyl (C=O) groups is 1. The van der Waals surface area contributed by atoms with E-state index in [2.05, 4.69) is 10.3 Å². The van der Waals surface area contributed by atoms with Crippen LogP contribution in [0.1, 0.15) is 16.1 Å². The lowest BCUT2D eigenvalue weighted by atomic mass is 10.1. The van der Waals surface area contributed by atoms with Gasteiger partial charge in [-0.05, 0) is 42.8 Å². The molecule has 3 heterocycles. The van der Waals surface area contributed by atoms with E-state index in [-0.39, 0.29) is 11.2 Å². The Morgan fingerprint density at radius 1 is 1.03 bits per heavy atom. The minimum atomic E-state index is -0.478. The van der Waals surface area contributed by atoms with Crippen molar-refractivity contribution in [2.45, 2.75) is 6.92 Å². The second-order valence-corrected chi connectivity index (χ2v) is 7.05. The van der Waals surface area contributed by atoms with E-state index in [1.807, 2.05) is 48.0 Å². The number of benzene rings is 2. The van der Waals surface area contributed by atoms with Gasteiger partial charge in [0, 0.05) is 29.7 Å². The van der Waals surface area contributed by atoms with Crippen LogP contribution in [0.3, 0.4) is 0 Å². The lowest BCUT2D eigenvalue weighted by Crippen LogP contribution is -2.14. The predicted octanol–water partition coefficient (Wildman–Crippen LogP) is 4.67. The molecule has 0 bridgehead atoms. The molecule has 0 radical (unpaired) electrons. The molecule has 0 saturated heterocycles. The second-order valence-electron chi connectivity index (χ2n) is 7.05. The SMILES string of the molecule is Cc1cccn2cc(-c3ccc(NC(=O)c4cc(=O)c5ccccc5o4)cc3)nc12. The Morgan fingerprint density at radius 3 is 2.63 bits per heavy atom. The predicted molar refractivity (Wildman–Crippen MR) is 116 cm³/mol. The Morgan fingerprint density at radius 2 is 1.83 bits per heavy atom. The van der Waals surface area contributed by atoms with Gasteiger partial charge in [0.05, 0.1) is 11.1 Å². The summed E-state index contributed by atoms with van der Waals surface area (Å²) in [4.78, 5) is 29.5. The summed E-state index contributed by atoms with van der Waals surface area (Å²) in [5.74, 6) is -0.507. The molecule has 5 aromatic rings. The molecule has 0 aliphatic heterocycles. The van der Waals surface area contributed by atoms with E-state index < -0.39 is 5.91 Å². The van der Waals surface area contributed by atoms with Crippen LogP contribution in [-0.2, 0) is 0 Å². The maximum atomic E-state index is 12.6. The molecule has 0 saturated carbocycles. The van der Waals surface area contributed by atoms with Gasteiger partial charge in [0.1, 0.15) is 11.2 Å². The first-order valence-electron chi connectivity index (χ1n) is 9.47. The number of rotatable bonds is 3. The van der Waals surface area contributed by atoms with Crippen LogP contribution in [0.5, 0.6) is 0 Å². The van der Waals surface area contributed by atoms with E-state index in [1.54, 1.807) is 36.4 Å². The second kappa shape index (κ2) is 7.00. The number of anilines is 1. The molecule has 2 aromatic carbocycles. The van der Waals surface area contributed by atoms with Crippen molar-refractivity contribution < 1.29 is 9.21 Å². The van der Waals surface area contributed by atoms with Crippen LogP contribution in [-0.4, -0.2) is 15.3 Å². The zero-order chi connectivity index (χ0) is 20.7. The summed E-state index contributed by atoms with van der Waals surface area (Å²) < 4.78 is 7.58. The van der Waals surface area contributed by atoms with Crippen molar-refractivity contribution >= 4 is 28.2 Å². The minimum Gasteiger partial charge on any atom is -0.451 e. The third-order valence-electron chi connectivity index (χ3n) is 4.97. The summed E-state index contributed by atoms with van der Waals surface area (Å²) >= 11 is 0. The molecule has 0 atom stereocenters. The van der Waals surface area contributed by atoms with Crippen molar-refractivity contribution in [3.8, 4) is 11.3 Å². The van der Waals surface area contributed by atoms with Crippen LogP contribution in [0.2, 0.25) is 0 Å². The summed E-state index contributed by atoms with van der Waals surface area (Å²) in [5, 5.41) is 3.21. The van der Waals surface area contributed by atoms with Gasteiger partial charge in [0.2, 0.25) is 0 Å². The number of fused-ring (bicyclic) bond motifs is 2. The Balaban J connectivity index is 1.40. The Hall–Kier alpha value is -4.19. The molecule has 5 rings (SSSR count). The summed E-state index contributed by atoms with van der Waals surface area (Å²) in [5.41, 5.74) is 4.53. The van der Waals surface area contributed by atoms with Gasteiger partial charge in [0.25, 0.3) is 5.91 Å². The first kappa shape index (κ1) is 17.9. The molecule has 1 amide bonds. The van der Waals surface area contributed by atoms with Crippen molar-refractivity contribution in [3.05, 3.63) is 101 Å². The Labute approximate surface area is 171 Å². The van der Waals surface area contributed by atoms with Crippen molar-refractivity contribution in [1.29, 1.82) is 0 Å². The molecule has 1 N–H and O–H groups in total. The number of nitrogens with zero attached hydrogens (tertiary/aromatic N) is 2. The molecule has 6 heteroatoms. The number of nitrogens with one attached hydrogen (secondary N) is 1. The summed E-state index contributed by atoms with van der Waals surface area (Å²) in [7, 11) is 0. The van der Waals surface area contributed by atoms with Crippen molar-refractivity contribution in [1.82, 2.24) is 9.38 Å². The number of hydrogen-bond donors (Lipinski definition) is 1. The molecule has 0 unspecified atom stereocenters. The molecule has 6 nitrogen and oxygen atoms in total. The van der Waals surface area contributed by atoms with Gasteiger partial charge in [-0.15, -0.1) is 0 Å². The fourth-order valence-electron chi connectivity index (χ4n) is 3.43. The summed E-state index contributed by atoms with van der Waals surface area (Å²) in [6, 6.07) is 19.4. The highest BCUT2D eigenvalue weighted by Gasteiger charge is 2.13. The highest BCUT2D eigenvalue weighted by atomic mass is 16.3. The normalized spacial score (nSPS) is 11.1. The smallest absolute Gasteiger partial charge is 0.291 e. The van der Waals surface area contributed by atoms with E-state index in [1.165, 1.54) is 6.07 Å². The topological polar surface area (TPSA) is 76.6 Å². The maximum absolute atomic E-state index is 12.6. The van der Waals surface area contributed by atoms with Gasteiger partial charge < -0.3 is 14.1 Å². The fraction of sp³-hybridized carbons (Fsp3) is 0.0417. The lowest BCUT2D eigenvalue weighted by Gasteiger charge is -2.06. The largest absolute Gasteiger partial charge is 0.451 e. The van der Waals surface area contributed by atoms with Crippen LogP contribution < -0.4 is 10.7 Å². The molecule has 3 aromatic heterocycles.